The molecule has 1 aliphatic carbocycles. The summed E-state index contributed by atoms with van der Waals surface area (Å²) in [4.78, 5) is 1.72. The van der Waals surface area contributed by atoms with Crippen LogP contribution in [0, 0.1) is 5.92 Å². The van der Waals surface area contributed by atoms with Gasteiger partial charge >= 0.3 is 6.18 Å². The molecule has 1 saturated carbocycles. The number of halogens is 3. The second-order valence-corrected chi connectivity index (χ2v) is 8.69. The number of anilines is 2. The standard InChI is InChI=1S/C12H15F3N2O.C9H19NS/c1-16-9-2-3-10(12(13,14)15)11(8-9)17-4-6-18-7-5-17;1-3-11-10-9-6-4-8(2)5-7-9/h2-3,8,16H,4-7H2,1H3;8-10H,3-7H2,1-2H3. The molecular weight excluding hydrogens is 399 g/mol. The molecule has 2 N–H and O–H groups in total. The number of hydrogen-bond donors (Lipinski definition) is 2. The van der Waals surface area contributed by atoms with Crippen molar-refractivity contribution in [3.63, 3.8) is 0 Å². The number of nitrogens with one attached hydrogen (secondary N) is 2. The molecule has 0 atom stereocenters. The lowest BCUT2D eigenvalue weighted by Gasteiger charge is -2.31. The lowest BCUT2D eigenvalue weighted by Crippen LogP contribution is -2.37. The number of nitrogens with zero attached hydrogens (tertiary/aromatic N) is 1. The van der Waals surface area contributed by atoms with E-state index in [1.165, 1.54) is 43.6 Å². The maximum atomic E-state index is 13.0. The van der Waals surface area contributed by atoms with Crippen molar-refractivity contribution in [2.75, 3.05) is 49.3 Å². The Morgan fingerprint density at radius 1 is 1.14 bits per heavy atom. The highest BCUT2D eigenvalue weighted by atomic mass is 32.2. The molecule has 1 saturated heterocycles. The Balaban J connectivity index is 0.000000234. The van der Waals surface area contributed by atoms with E-state index in [9.17, 15) is 13.2 Å². The van der Waals surface area contributed by atoms with Crippen molar-refractivity contribution in [1.29, 1.82) is 0 Å². The Bertz CT molecular complexity index is 599. The molecule has 8 heteroatoms. The minimum absolute atomic E-state index is 0.220. The van der Waals surface area contributed by atoms with Gasteiger partial charge in [0.05, 0.1) is 24.5 Å². The predicted molar refractivity (Wildman–Crippen MR) is 117 cm³/mol. The third-order valence-corrected chi connectivity index (χ3v) is 6.14. The summed E-state index contributed by atoms with van der Waals surface area (Å²) in [6, 6.07) is 4.90. The van der Waals surface area contributed by atoms with Crippen molar-refractivity contribution in [2.45, 2.75) is 51.7 Å². The summed E-state index contributed by atoms with van der Waals surface area (Å²) >= 11 is 1.87. The number of morpholine rings is 1. The van der Waals surface area contributed by atoms with Crippen LogP contribution < -0.4 is 14.9 Å². The van der Waals surface area contributed by atoms with E-state index >= 15 is 0 Å². The molecule has 166 valence electrons. The maximum Gasteiger partial charge on any atom is 0.418 e. The van der Waals surface area contributed by atoms with Crippen LogP contribution in [0.2, 0.25) is 0 Å². The van der Waals surface area contributed by atoms with E-state index in [2.05, 4.69) is 23.9 Å². The number of ether oxygens (including phenoxy) is 1. The molecule has 1 heterocycles. The highest BCUT2D eigenvalue weighted by Crippen LogP contribution is 2.38. The lowest BCUT2D eigenvalue weighted by molar-refractivity contribution is -0.137. The zero-order valence-electron chi connectivity index (χ0n) is 17.6. The van der Waals surface area contributed by atoms with E-state index in [-0.39, 0.29) is 5.69 Å². The van der Waals surface area contributed by atoms with Crippen LogP contribution in [0.25, 0.3) is 0 Å². The Morgan fingerprint density at radius 2 is 1.79 bits per heavy atom. The van der Waals surface area contributed by atoms with Gasteiger partial charge in [-0.15, -0.1) is 0 Å². The number of benzene rings is 1. The van der Waals surface area contributed by atoms with E-state index in [1.54, 1.807) is 11.9 Å². The normalized spacial score (nSPS) is 22.6. The third kappa shape index (κ3) is 7.90. The van der Waals surface area contributed by atoms with E-state index in [4.69, 9.17) is 4.74 Å². The van der Waals surface area contributed by atoms with Crippen LogP contribution in [0.5, 0.6) is 0 Å². The third-order valence-electron chi connectivity index (χ3n) is 5.35. The van der Waals surface area contributed by atoms with Gasteiger partial charge in [-0.2, -0.15) is 13.2 Å². The Kier molecular flexibility index (Phi) is 9.92. The maximum absolute atomic E-state index is 13.0. The minimum Gasteiger partial charge on any atom is -0.388 e. The van der Waals surface area contributed by atoms with Crippen LogP contribution in [-0.2, 0) is 10.9 Å². The zero-order valence-corrected chi connectivity index (χ0v) is 18.5. The smallest absolute Gasteiger partial charge is 0.388 e. The highest BCUT2D eigenvalue weighted by Gasteiger charge is 2.35. The van der Waals surface area contributed by atoms with Gasteiger partial charge < -0.3 is 15.0 Å². The van der Waals surface area contributed by atoms with Crippen molar-refractivity contribution >= 4 is 23.3 Å². The summed E-state index contributed by atoms with van der Waals surface area (Å²) in [5.41, 5.74) is 0.297. The molecule has 3 rings (SSSR count). The number of hydrogen-bond acceptors (Lipinski definition) is 5. The molecule has 2 aliphatic rings. The van der Waals surface area contributed by atoms with E-state index in [0.29, 0.717) is 32.0 Å². The summed E-state index contributed by atoms with van der Waals surface area (Å²) in [6.45, 7) is 6.45. The van der Waals surface area contributed by atoms with Gasteiger partial charge in [-0.3, -0.25) is 4.72 Å². The molecule has 0 amide bonds. The van der Waals surface area contributed by atoms with Gasteiger partial charge in [0.2, 0.25) is 0 Å². The van der Waals surface area contributed by atoms with Crippen molar-refractivity contribution in [1.82, 2.24) is 4.72 Å². The van der Waals surface area contributed by atoms with Crippen molar-refractivity contribution in [3.8, 4) is 0 Å². The zero-order chi connectivity index (χ0) is 21.3. The topological polar surface area (TPSA) is 36.5 Å². The molecule has 1 aromatic carbocycles. The molecule has 1 aromatic rings. The van der Waals surface area contributed by atoms with Gasteiger partial charge in [0.1, 0.15) is 0 Å². The Labute approximate surface area is 177 Å². The predicted octanol–water partition coefficient (Wildman–Crippen LogP) is 5.41. The molecular formula is C21H34F3N3OS. The van der Waals surface area contributed by atoms with Crippen molar-refractivity contribution < 1.29 is 17.9 Å². The van der Waals surface area contributed by atoms with E-state index in [1.807, 2.05) is 11.9 Å². The van der Waals surface area contributed by atoms with Gasteiger partial charge in [0.25, 0.3) is 0 Å². The first-order chi connectivity index (χ1) is 13.8. The van der Waals surface area contributed by atoms with Crippen LogP contribution >= 0.6 is 11.9 Å². The van der Waals surface area contributed by atoms with Gasteiger partial charge in [-0.25, -0.2) is 0 Å². The molecule has 0 radical (unpaired) electrons. The molecule has 4 nitrogen and oxygen atoms in total. The highest BCUT2D eigenvalue weighted by molar-refractivity contribution is 7.97. The molecule has 2 fully saturated rings. The van der Waals surface area contributed by atoms with Gasteiger partial charge in [0.15, 0.2) is 0 Å². The summed E-state index contributed by atoms with van der Waals surface area (Å²) in [5.74, 6) is 2.16. The Hall–Kier alpha value is -1.12. The second kappa shape index (κ2) is 11.9. The first kappa shape index (κ1) is 24.2. The lowest BCUT2D eigenvalue weighted by atomic mass is 9.88. The molecule has 29 heavy (non-hydrogen) atoms. The average molecular weight is 434 g/mol. The van der Waals surface area contributed by atoms with E-state index < -0.39 is 11.7 Å². The van der Waals surface area contributed by atoms with Crippen molar-refractivity contribution in [3.05, 3.63) is 23.8 Å². The Morgan fingerprint density at radius 3 is 2.34 bits per heavy atom. The number of alkyl halides is 3. The molecule has 0 unspecified atom stereocenters. The molecule has 0 bridgehead atoms. The summed E-state index contributed by atoms with van der Waals surface area (Å²) < 4.78 is 47.6. The van der Waals surface area contributed by atoms with Crippen molar-refractivity contribution in [2.24, 2.45) is 5.92 Å². The fourth-order valence-electron chi connectivity index (χ4n) is 3.57. The molecule has 1 aliphatic heterocycles. The SMILES string of the molecule is CCSNC1CCC(C)CC1.CNc1ccc(C(F)(F)F)c(N2CCOCC2)c1. The fraction of sp³-hybridized carbons (Fsp3) is 0.714. The van der Waals surface area contributed by atoms with Crippen LogP contribution in [0.3, 0.4) is 0 Å². The first-order valence-corrected chi connectivity index (χ1v) is 11.4. The molecule has 0 spiro atoms. The van der Waals surface area contributed by atoms with Crippen LogP contribution in [-0.4, -0.2) is 45.1 Å². The summed E-state index contributed by atoms with van der Waals surface area (Å²) in [5, 5.41) is 2.86. The average Bonchev–Trinajstić information content (AvgIpc) is 2.73. The first-order valence-electron chi connectivity index (χ1n) is 10.4. The second-order valence-electron chi connectivity index (χ2n) is 7.59. The van der Waals surface area contributed by atoms with Gasteiger partial charge in [0, 0.05) is 37.6 Å². The van der Waals surface area contributed by atoms with Gasteiger partial charge in [-0.1, -0.05) is 25.8 Å². The number of rotatable bonds is 5. The van der Waals surface area contributed by atoms with Gasteiger partial charge in [-0.05, 0) is 49.8 Å². The minimum atomic E-state index is -4.33. The molecule has 0 aromatic heterocycles. The van der Waals surface area contributed by atoms with Crippen LogP contribution in [0.4, 0.5) is 24.5 Å². The van der Waals surface area contributed by atoms with Crippen LogP contribution in [0.1, 0.15) is 45.1 Å². The summed E-state index contributed by atoms with van der Waals surface area (Å²) in [6.07, 6.45) is 1.27. The quantitative estimate of drug-likeness (QED) is 0.608. The fourth-order valence-corrected chi connectivity index (χ4v) is 4.21. The van der Waals surface area contributed by atoms with E-state index in [0.717, 1.165) is 18.0 Å². The monoisotopic (exact) mass is 433 g/mol. The largest absolute Gasteiger partial charge is 0.418 e. The van der Waals surface area contributed by atoms with Crippen LogP contribution in [0.15, 0.2) is 18.2 Å². The summed E-state index contributed by atoms with van der Waals surface area (Å²) in [7, 11) is 1.69.